The van der Waals surface area contributed by atoms with Crippen LogP contribution < -0.4 is 4.74 Å². The van der Waals surface area contributed by atoms with Crippen LogP contribution in [0, 0.1) is 11.8 Å². The number of rotatable bonds is 4. The number of fused-ring (bicyclic) bond motifs is 1. The van der Waals surface area contributed by atoms with Crippen LogP contribution in [0.25, 0.3) is 0 Å². The Morgan fingerprint density at radius 3 is 2.68 bits per heavy atom. The third-order valence-electron chi connectivity index (χ3n) is 4.47. The second-order valence-corrected chi connectivity index (χ2v) is 5.71. The third-order valence-corrected chi connectivity index (χ3v) is 4.47. The van der Waals surface area contributed by atoms with E-state index in [1.165, 1.54) is 4.90 Å². The summed E-state index contributed by atoms with van der Waals surface area (Å²) < 4.78 is 5.39. The molecule has 1 aromatic rings. The highest BCUT2D eigenvalue weighted by Gasteiger charge is 2.52. The van der Waals surface area contributed by atoms with Gasteiger partial charge in [-0.15, -0.1) is 0 Å². The van der Waals surface area contributed by atoms with E-state index < -0.39 is 17.9 Å². The van der Waals surface area contributed by atoms with Crippen LogP contribution in [0.5, 0.6) is 5.75 Å². The highest BCUT2D eigenvalue weighted by atomic mass is 16.5. The summed E-state index contributed by atoms with van der Waals surface area (Å²) in [6.45, 7) is -0.0289. The first-order valence-electron chi connectivity index (χ1n) is 7.31. The van der Waals surface area contributed by atoms with Gasteiger partial charge in [-0.2, -0.15) is 0 Å². The molecule has 0 spiro atoms. The fourth-order valence-corrected chi connectivity index (χ4v) is 3.42. The SMILES string of the molecule is O=C1CCC2C1CN(C(=O)COc1ccccc1)C2C(=O)O. The van der Waals surface area contributed by atoms with Crippen molar-refractivity contribution in [1.29, 1.82) is 0 Å². The molecule has 0 aromatic heterocycles. The molecule has 6 heteroatoms. The van der Waals surface area contributed by atoms with Gasteiger partial charge >= 0.3 is 5.97 Å². The van der Waals surface area contributed by atoms with Gasteiger partial charge in [0.05, 0.1) is 0 Å². The maximum atomic E-state index is 12.3. The Kier molecular flexibility index (Phi) is 3.83. The fraction of sp³-hybridized carbons (Fsp3) is 0.438. The maximum absolute atomic E-state index is 12.3. The second kappa shape index (κ2) is 5.79. The first-order valence-corrected chi connectivity index (χ1v) is 7.31. The number of benzene rings is 1. The van der Waals surface area contributed by atoms with Gasteiger partial charge in [-0.1, -0.05) is 18.2 Å². The number of hydrogen-bond acceptors (Lipinski definition) is 4. The van der Waals surface area contributed by atoms with Gasteiger partial charge in [0.2, 0.25) is 0 Å². The lowest BCUT2D eigenvalue weighted by Crippen LogP contribution is -2.45. The number of likely N-dealkylation sites (tertiary alicyclic amines) is 1. The molecule has 22 heavy (non-hydrogen) atoms. The molecular weight excluding hydrogens is 286 g/mol. The van der Waals surface area contributed by atoms with E-state index in [9.17, 15) is 19.5 Å². The van der Waals surface area contributed by atoms with Crippen molar-refractivity contribution in [2.45, 2.75) is 18.9 Å². The number of ether oxygens (including phenoxy) is 1. The molecule has 1 aromatic carbocycles. The van der Waals surface area contributed by atoms with Gasteiger partial charge < -0.3 is 14.7 Å². The molecule has 0 radical (unpaired) electrons. The van der Waals surface area contributed by atoms with Crippen molar-refractivity contribution in [2.75, 3.05) is 13.2 Å². The number of carboxylic acid groups (broad SMARTS) is 1. The molecule has 0 bridgehead atoms. The molecular formula is C16H17NO5. The molecule has 1 heterocycles. The minimum atomic E-state index is -1.05. The zero-order chi connectivity index (χ0) is 15.7. The number of para-hydroxylation sites is 1. The highest BCUT2D eigenvalue weighted by Crippen LogP contribution is 2.40. The van der Waals surface area contributed by atoms with Crippen LogP contribution in [-0.4, -0.2) is 46.9 Å². The van der Waals surface area contributed by atoms with E-state index in [1.54, 1.807) is 24.3 Å². The van der Waals surface area contributed by atoms with Crippen LogP contribution in [0.2, 0.25) is 0 Å². The molecule has 1 amide bonds. The first-order chi connectivity index (χ1) is 10.6. The average molecular weight is 303 g/mol. The van der Waals surface area contributed by atoms with Gasteiger partial charge in [0.1, 0.15) is 17.6 Å². The summed E-state index contributed by atoms with van der Waals surface area (Å²) in [5, 5.41) is 9.41. The van der Waals surface area contributed by atoms with Crippen molar-refractivity contribution in [3.8, 4) is 5.75 Å². The molecule has 1 saturated heterocycles. The first kappa shape index (κ1) is 14.6. The molecule has 1 N–H and O–H groups in total. The van der Waals surface area contributed by atoms with Crippen molar-refractivity contribution >= 4 is 17.7 Å². The molecule has 6 nitrogen and oxygen atoms in total. The second-order valence-electron chi connectivity index (χ2n) is 5.71. The van der Waals surface area contributed by atoms with Crippen LogP contribution in [0.3, 0.4) is 0 Å². The van der Waals surface area contributed by atoms with Crippen molar-refractivity contribution in [2.24, 2.45) is 11.8 Å². The topological polar surface area (TPSA) is 83.9 Å². The summed E-state index contributed by atoms with van der Waals surface area (Å²) in [7, 11) is 0. The number of carbonyl (C=O) groups is 3. The zero-order valence-electron chi connectivity index (χ0n) is 12.0. The number of carbonyl (C=O) groups excluding carboxylic acids is 2. The molecule has 116 valence electrons. The summed E-state index contributed by atoms with van der Waals surface area (Å²) in [6, 6.07) is 7.96. The standard InChI is InChI=1S/C16H17NO5/c18-13-7-6-11-12(13)8-17(15(11)16(20)21)14(19)9-22-10-4-2-1-3-5-10/h1-5,11-12,15H,6-9H2,(H,20,21). The van der Waals surface area contributed by atoms with E-state index in [2.05, 4.69) is 0 Å². The van der Waals surface area contributed by atoms with Crippen molar-refractivity contribution in [1.82, 2.24) is 4.90 Å². The van der Waals surface area contributed by atoms with Gasteiger partial charge in [-0.3, -0.25) is 9.59 Å². The molecule has 3 unspecified atom stereocenters. The Hall–Kier alpha value is -2.37. The van der Waals surface area contributed by atoms with Gasteiger partial charge in [0.25, 0.3) is 5.91 Å². The Morgan fingerprint density at radius 2 is 2.00 bits per heavy atom. The number of carboxylic acids is 1. The normalized spacial score (nSPS) is 26.8. The zero-order valence-corrected chi connectivity index (χ0v) is 12.0. The van der Waals surface area contributed by atoms with Crippen molar-refractivity contribution < 1.29 is 24.2 Å². The number of hydrogen-bond donors (Lipinski definition) is 1. The van der Waals surface area contributed by atoms with Gasteiger partial charge in [-0.05, 0) is 18.6 Å². The Balaban J connectivity index is 1.69. The van der Waals surface area contributed by atoms with E-state index in [0.717, 1.165) is 0 Å². The third kappa shape index (κ3) is 2.56. The summed E-state index contributed by atoms with van der Waals surface area (Å²) in [6.07, 6.45) is 0.964. The molecule has 3 rings (SSSR count). The lowest BCUT2D eigenvalue weighted by Gasteiger charge is -2.24. The molecule has 1 aliphatic heterocycles. The van der Waals surface area contributed by atoms with E-state index in [-0.39, 0.29) is 30.8 Å². The number of Topliss-reactive ketones (excluding diaryl/α,β-unsaturated/α-hetero) is 1. The predicted octanol–water partition coefficient (Wildman–Crippen LogP) is 0.956. The van der Waals surface area contributed by atoms with Crippen molar-refractivity contribution in [3.63, 3.8) is 0 Å². The number of aliphatic carboxylic acids is 1. The van der Waals surface area contributed by atoms with Crippen LogP contribution in [-0.2, 0) is 14.4 Å². The van der Waals surface area contributed by atoms with Gasteiger partial charge in [0, 0.05) is 24.8 Å². The van der Waals surface area contributed by atoms with Crippen LogP contribution >= 0.6 is 0 Å². The Labute approximate surface area is 127 Å². The van der Waals surface area contributed by atoms with Gasteiger partial charge in [-0.25, -0.2) is 4.79 Å². The number of amides is 1. The smallest absolute Gasteiger partial charge is 0.326 e. The largest absolute Gasteiger partial charge is 0.484 e. The lowest BCUT2D eigenvalue weighted by molar-refractivity contribution is -0.150. The summed E-state index contributed by atoms with van der Waals surface area (Å²) in [4.78, 5) is 36.9. The molecule has 1 aliphatic carbocycles. The van der Waals surface area contributed by atoms with E-state index >= 15 is 0 Å². The van der Waals surface area contributed by atoms with Gasteiger partial charge in [0.15, 0.2) is 6.61 Å². The summed E-state index contributed by atoms with van der Waals surface area (Å²) >= 11 is 0. The predicted molar refractivity (Wildman–Crippen MR) is 76.3 cm³/mol. The Bertz CT molecular complexity index is 600. The Morgan fingerprint density at radius 1 is 1.27 bits per heavy atom. The average Bonchev–Trinajstić information content (AvgIpc) is 3.06. The minimum absolute atomic E-state index is 0.0653. The monoisotopic (exact) mass is 303 g/mol. The highest BCUT2D eigenvalue weighted by molar-refractivity contribution is 5.91. The van der Waals surface area contributed by atoms with E-state index in [0.29, 0.717) is 18.6 Å². The molecule has 2 aliphatic rings. The fourth-order valence-electron chi connectivity index (χ4n) is 3.42. The van der Waals surface area contributed by atoms with Crippen LogP contribution in [0.4, 0.5) is 0 Å². The molecule has 3 atom stereocenters. The number of ketones is 1. The number of nitrogens with zero attached hydrogens (tertiary/aromatic N) is 1. The lowest BCUT2D eigenvalue weighted by atomic mass is 9.94. The maximum Gasteiger partial charge on any atom is 0.326 e. The van der Waals surface area contributed by atoms with Crippen molar-refractivity contribution in [3.05, 3.63) is 30.3 Å². The van der Waals surface area contributed by atoms with Crippen LogP contribution in [0.15, 0.2) is 30.3 Å². The summed E-state index contributed by atoms with van der Waals surface area (Å²) in [5.41, 5.74) is 0. The van der Waals surface area contributed by atoms with E-state index in [1.807, 2.05) is 6.07 Å². The van der Waals surface area contributed by atoms with E-state index in [4.69, 9.17) is 4.74 Å². The van der Waals surface area contributed by atoms with Crippen LogP contribution in [0.1, 0.15) is 12.8 Å². The molecule has 2 fully saturated rings. The minimum Gasteiger partial charge on any atom is -0.484 e. The summed E-state index contributed by atoms with van der Waals surface area (Å²) in [5.74, 6) is -1.41. The quantitative estimate of drug-likeness (QED) is 0.895. The molecule has 1 saturated carbocycles.